The number of carboxylic acids is 1. The number of rotatable bonds is 6. The van der Waals surface area contributed by atoms with Crippen LogP contribution >= 0.6 is 0 Å². The number of carboxylic acid groups (broad SMARTS) is 1. The van der Waals surface area contributed by atoms with Crippen molar-refractivity contribution >= 4 is 11.9 Å². The summed E-state index contributed by atoms with van der Waals surface area (Å²) in [6, 6.07) is -0.913. The Morgan fingerprint density at radius 1 is 1.43 bits per heavy atom. The topological polar surface area (TPSA) is 157 Å². The van der Waals surface area contributed by atoms with E-state index < -0.39 is 12.0 Å². The minimum absolute atomic E-state index is 0.0192. The van der Waals surface area contributed by atoms with Crippen LogP contribution in [0.5, 0.6) is 0 Å². The van der Waals surface area contributed by atoms with Gasteiger partial charge in [-0.15, -0.1) is 0 Å². The number of hydrazine groups is 2. The van der Waals surface area contributed by atoms with Gasteiger partial charge in [-0.2, -0.15) is 5.12 Å². The van der Waals surface area contributed by atoms with E-state index in [9.17, 15) is 4.79 Å². The van der Waals surface area contributed by atoms with Gasteiger partial charge in [0.15, 0.2) is 5.96 Å². The van der Waals surface area contributed by atoms with Crippen molar-refractivity contribution in [2.75, 3.05) is 6.54 Å². The quantitative estimate of drug-likeness (QED) is 0.105. The van der Waals surface area contributed by atoms with Crippen molar-refractivity contribution in [1.29, 1.82) is 0 Å². The Labute approximate surface area is 81.5 Å². The van der Waals surface area contributed by atoms with Crippen LogP contribution in [0.1, 0.15) is 12.8 Å². The van der Waals surface area contributed by atoms with Crippen molar-refractivity contribution < 1.29 is 9.90 Å². The predicted molar refractivity (Wildman–Crippen MR) is 51.5 cm³/mol. The first-order chi connectivity index (χ1) is 6.45. The Morgan fingerprint density at radius 3 is 2.36 bits per heavy atom. The van der Waals surface area contributed by atoms with Gasteiger partial charge in [0, 0.05) is 6.54 Å². The molecule has 0 saturated carbocycles. The Hall–Kier alpha value is -1.38. The maximum atomic E-state index is 10.6. The number of nitrogens with two attached hydrogens (primary N) is 4. The fourth-order valence-electron chi connectivity index (χ4n) is 0.893. The number of guanidine groups is 1. The molecule has 0 amide bonds. The van der Waals surface area contributed by atoms with E-state index in [2.05, 4.69) is 4.99 Å². The van der Waals surface area contributed by atoms with E-state index in [4.69, 9.17) is 28.3 Å². The number of carbonyl (C=O) groups is 1. The molecule has 0 fully saturated rings. The molecule has 0 unspecified atom stereocenters. The average molecular weight is 204 g/mol. The summed E-state index contributed by atoms with van der Waals surface area (Å²) >= 11 is 0. The molecule has 8 heteroatoms. The van der Waals surface area contributed by atoms with Crippen molar-refractivity contribution in [3.63, 3.8) is 0 Å². The minimum Gasteiger partial charge on any atom is -0.480 e. The molecular formula is C6H16N6O2. The first-order valence-corrected chi connectivity index (χ1v) is 4.02. The highest BCUT2D eigenvalue weighted by molar-refractivity contribution is 5.75. The lowest BCUT2D eigenvalue weighted by Crippen LogP contribution is -2.50. The molecule has 0 aromatic heterocycles. The van der Waals surface area contributed by atoms with Crippen molar-refractivity contribution in [3.05, 3.63) is 0 Å². The van der Waals surface area contributed by atoms with Crippen LogP contribution in [-0.2, 0) is 4.79 Å². The molecule has 82 valence electrons. The molecule has 0 spiro atoms. The molecule has 0 rings (SSSR count). The lowest BCUT2D eigenvalue weighted by Gasteiger charge is -2.18. The predicted octanol–water partition coefficient (Wildman–Crippen LogP) is -2.46. The van der Waals surface area contributed by atoms with Crippen LogP contribution < -0.4 is 23.2 Å². The summed E-state index contributed by atoms with van der Waals surface area (Å²) in [7, 11) is 0. The third-order valence-electron chi connectivity index (χ3n) is 1.58. The Morgan fingerprint density at radius 2 is 2.00 bits per heavy atom. The molecule has 0 aliphatic carbocycles. The van der Waals surface area contributed by atoms with Gasteiger partial charge in [-0.05, 0) is 12.8 Å². The summed E-state index contributed by atoms with van der Waals surface area (Å²) in [5.41, 5.74) is 10.2. The zero-order valence-corrected chi connectivity index (χ0v) is 7.76. The van der Waals surface area contributed by atoms with Gasteiger partial charge in [0.05, 0.1) is 0 Å². The summed E-state index contributed by atoms with van der Waals surface area (Å²) < 4.78 is 0. The molecule has 0 radical (unpaired) electrons. The van der Waals surface area contributed by atoms with Crippen LogP contribution in [0.25, 0.3) is 0 Å². The van der Waals surface area contributed by atoms with Crippen LogP contribution in [0.15, 0.2) is 4.99 Å². The van der Waals surface area contributed by atoms with E-state index in [0.29, 0.717) is 24.5 Å². The van der Waals surface area contributed by atoms with Gasteiger partial charge in [0.2, 0.25) is 0 Å². The largest absolute Gasteiger partial charge is 0.480 e. The zero-order valence-electron chi connectivity index (χ0n) is 7.76. The highest BCUT2D eigenvalue weighted by Crippen LogP contribution is 2.00. The van der Waals surface area contributed by atoms with E-state index in [1.54, 1.807) is 0 Å². The average Bonchev–Trinajstić information content (AvgIpc) is 2.01. The Balaban J connectivity index is 3.84. The normalized spacial score (nSPS) is 12.5. The molecular weight excluding hydrogens is 188 g/mol. The van der Waals surface area contributed by atoms with Gasteiger partial charge in [0.25, 0.3) is 0 Å². The monoisotopic (exact) mass is 204 g/mol. The van der Waals surface area contributed by atoms with Crippen LogP contribution in [0.2, 0.25) is 0 Å². The maximum Gasteiger partial charge on any atom is 0.323 e. The Bertz CT molecular complexity index is 212. The van der Waals surface area contributed by atoms with E-state index in [1.165, 1.54) is 0 Å². The summed E-state index contributed by atoms with van der Waals surface area (Å²) in [6.07, 6.45) is 0.791. The molecule has 8 nitrogen and oxygen atoms in total. The minimum atomic E-state index is -1.07. The van der Waals surface area contributed by atoms with E-state index in [1.807, 2.05) is 0 Å². The number of hydrogen-bond donors (Lipinski definition) is 5. The summed E-state index contributed by atoms with van der Waals surface area (Å²) in [5.74, 6) is 9.16. The first kappa shape index (κ1) is 12.6. The van der Waals surface area contributed by atoms with Gasteiger partial charge < -0.3 is 16.6 Å². The van der Waals surface area contributed by atoms with Gasteiger partial charge in [-0.25, -0.2) is 0 Å². The maximum absolute atomic E-state index is 10.6. The molecule has 0 saturated heterocycles. The zero-order chi connectivity index (χ0) is 11.1. The molecule has 1 atom stereocenters. The second-order valence-corrected chi connectivity index (χ2v) is 2.75. The third-order valence-corrected chi connectivity index (χ3v) is 1.58. The van der Waals surface area contributed by atoms with E-state index in [0.717, 1.165) is 0 Å². The van der Waals surface area contributed by atoms with Crippen LogP contribution in [0.3, 0.4) is 0 Å². The molecule has 0 aromatic carbocycles. The Kier molecular flexibility index (Phi) is 5.53. The highest BCUT2D eigenvalue weighted by atomic mass is 16.4. The number of aliphatic imine (C=N–C) groups is 1. The smallest absolute Gasteiger partial charge is 0.323 e. The standard InChI is InChI=1S/C6H16N6O2/c7-6(8)11-3-1-2-4(5(13)14)12(9)10/h4H,1-3,9-10H2,(H,13,14)(H4,7,8,11)/t4-/m0/s1. The highest BCUT2D eigenvalue weighted by Gasteiger charge is 2.19. The molecule has 14 heavy (non-hydrogen) atoms. The molecule has 0 aliphatic rings. The summed E-state index contributed by atoms with van der Waals surface area (Å²) in [5, 5.41) is 9.33. The van der Waals surface area contributed by atoms with Crippen LogP contribution in [0.4, 0.5) is 0 Å². The van der Waals surface area contributed by atoms with Crippen LogP contribution in [0, 0.1) is 0 Å². The summed E-state index contributed by atoms with van der Waals surface area (Å²) in [4.78, 5) is 14.3. The van der Waals surface area contributed by atoms with Crippen molar-refractivity contribution in [2.45, 2.75) is 18.9 Å². The molecule has 0 heterocycles. The van der Waals surface area contributed by atoms with E-state index >= 15 is 0 Å². The number of hydrogen-bond acceptors (Lipinski definition) is 5. The lowest BCUT2D eigenvalue weighted by molar-refractivity contribution is -0.143. The summed E-state index contributed by atoms with van der Waals surface area (Å²) in [6.45, 7) is 0.361. The van der Waals surface area contributed by atoms with Crippen molar-refractivity contribution in [3.8, 4) is 0 Å². The van der Waals surface area contributed by atoms with Gasteiger partial charge in [-0.1, -0.05) is 0 Å². The van der Waals surface area contributed by atoms with Crippen molar-refractivity contribution in [2.24, 2.45) is 28.1 Å². The fraction of sp³-hybridized carbons (Fsp3) is 0.667. The molecule has 9 N–H and O–H groups in total. The second kappa shape index (κ2) is 6.13. The van der Waals surface area contributed by atoms with Crippen LogP contribution in [-0.4, -0.2) is 34.7 Å². The van der Waals surface area contributed by atoms with Gasteiger partial charge in [-0.3, -0.25) is 21.5 Å². The first-order valence-electron chi connectivity index (χ1n) is 4.02. The second-order valence-electron chi connectivity index (χ2n) is 2.75. The van der Waals surface area contributed by atoms with Gasteiger partial charge in [0.1, 0.15) is 6.04 Å². The van der Waals surface area contributed by atoms with Gasteiger partial charge >= 0.3 is 5.97 Å². The molecule has 0 bridgehead atoms. The lowest BCUT2D eigenvalue weighted by atomic mass is 10.1. The molecule has 0 aromatic rings. The number of aliphatic carboxylic acids is 1. The van der Waals surface area contributed by atoms with E-state index in [-0.39, 0.29) is 5.96 Å². The fourth-order valence-corrected chi connectivity index (χ4v) is 0.893. The SMILES string of the molecule is NC(N)=NCCC[C@@H](C(=O)O)N(N)N. The number of nitrogens with zero attached hydrogens (tertiary/aromatic N) is 2. The van der Waals surface area contributed by atoms with Crippen molar-refractivity contribution in [1.82, 2.24) is 5.12 Å². The third kappa shape index (κ3) is 5.30. The molecule has 0 aliphatic heterocycles.